The molecule has 3 amide bonds. The predicted octanol–water partition coefficient (Wildman–Crippen LogP) is -2.36. The van der Waals surface area contributed by atoms with E-state index in [1.165, 1.54) is 0 Å². The van der Waals surface area contributed by atoms with E-state index in [4.69, 9.17) is 5.73 Å². The molecule has 0 radical (unpaired) electrons. The summed E-state index contributed by atoms with van der Waals surface area (Å²) in [5, 5.41) is 4.08. The van der Waals surface area contributed by atoms with Crippen molar-refractivity contribution >= 4 is 12.4 Å². The number of rotatable bonds is 3. The summed E-state index contributed by atoms with van der Waals surface area (Å²) in [7, 11) is 0. The molecule has 0 heterocycles. The lowest BCUT2D eigenvalue weighted by Crippen LogP contribution is -2.52. The zero-order valence-corrected chi connectivity index (χ0v) is 4.63. The lowest BCUT2D eigenvalue weighted by Gasteiger charge is -2.08. The molecule has 1 unspecified atom stereocenters. The lowest BCUT2D eigenvalue weighted by molar-refractivity contribution is -0.110. The first kappa shape index (κ1) is 7.70. The number of nitrogens with one attached hydrogen (secondary N) is 2. The molecule has 0 saturated heterocycles. The molecule has 0 aromatic carbocycles. The van der Waals surface area contributed by atoms with Crippen LogP contribution in [-0.4, -0.2) is 18.7 Å². The van der Waals surface area contributed by atoms with Crippen molar-refractivity contribution in [1.29, 1.82) is 0 Å². The Bertz CT molecular complexity index is 114. The van der Waals surface area contributed by atoms with E-state index in [2.05, 4.69) is 11.1 Å². The SMILES string of the molecule is NC(=O)NC(N)NC=O. The Morgan fingerprint density at radius 2 is 2.22 bits per heavy atom. The van der Waals surface area contributed by atoms with Crippen molar-refractivity contribution in [3.8, 4) is 0 Å². The van der Waals surface area contributed by atoms with E-state index in [-0.39, 0.29) is 0 Å². The van der Waals surface area contributed by atoms with Crippen LogP contribution >= 0.6 is 0 Å². The minimum atomic E-state index is -0.903. The van der Waals surface area contributed by atoms with Gasteiger partial charge in [-0.25, -0.2) is 4.79 Å². The Hall–Kier alpha value is -1.30. The van der Waals surface area contributed by atoms with E-state index >= 15 is 0 Å². The van der Waals surface area contributed by atoms with Gasteiger partial charge >= 0.3 is 6.03 Å². The maximum atomic E-state index is 9.96. The Labute approximate surface area is 51.6 Å². The van der Waals surface area contributed by atoms with Crippen molar-refractivity contribution in [3.63, 3.8) is 0 Å². The molecule has 6 nitrogen and oxygen atoms in total. The van der Waals surface area contributed by atoms with Crippen molar-refractivity contribution in [2.24, 2.45) is 11.5 Å². The summed E-state index contributed by atoms with van der Waals surface area (Å²) >= 11 is 0. The van der Waals surface area contributed by atoms with Gasteiger partial charge in [-0.05, 0) is 0 Å². The monoisotopic (exact) mass is 132 g/mol. The molecule has 0 bridgehead atoms. The number of primary amides is 1. The molecular weight excluding hydrogens is 124 g/mol. The van der Waals surface area contributed by atoms with Crippen LogP contribution in [0.4, 0.5) is 4.79 Å². The Balaban J connectivity index is 3.37. The standard InChI is InChI=1S/C3H8N4O2/c4-2(6-1-8)7-3(5)9/h1-2H,4H2,(H,6,8)(H3,5,7,9). The third-order valence-corrected chi connectivity index (χ3v) is 0.545. The van der Waals surface area contributed by atoms with Gasteiger partial charge in [-0.1, -0.05) is 0 Å². The van der Waals surface area contributed by atoms with Crippen LogP contribution in [-0.2, 0) is 4.79 Å². The first-order valence-corrected chi connectivity index (χ1v) is 2.18. The van der Waals surface area contributed by atoms with Gasteiger partial charge in [0.1, 0.15) is 0 Å². The fourth-order valence-electron chi connectivity index (χ4n) is 0.268. The molecule has 6 N–H and O–H groups in total. The average Bonchev–Trinajstić information content (AvgIpc) is 1.63. The van der Waals surface area contributed by atoms with Gasteiger partial charge in [-0.3, -0.25) is 10.5 Å². The maximum absolute atomic E-state index is 9.96. The fourth-order valence-corrected chi connectivity index (χ4v) is 0.268. The first-order chi connectivity index (χ1) is 4.16. The minimum absolute atomic E-state index is 0.362. The third-order valence-electron chi connectivity index (χ3n) is 0.545. The van der Waals surface area contributed by atoms with E-state index in [0.29, 0.717) is 6.41 Å². The average molecular weight is 132 g/mol. The zero-order chi connectivity index (χ0) is 7.28. The second-order valence-electron chi connectivity index (χ2n) is 1.27. The summed E-state index contributed by atoms with van der Waals surface area (Å²) < 4.78 is 0. The first-order valence-electron chi connectivity index (χ1n) is 2.18. The molecule has 9 heavy (non-hydrogen) atoms. The largest absolute Gasteiger partial charge is 0.352 e. The van der Waals surface area contributed by atoms with Crippen molar-refractivity contribution in [1.82, 2.24) is 10.6 Å². The summed E-state index contributed by atoms with van der Waals surface area (Å²) in [5.41, 5.74) is 9.67. The van der Waals surface area contributed by atoms with Crippen LogP contribution in [0.25, 0.3) is 0 Å². The van der Waals surface area contributed by atoms with Crippen molar-refractivity contribution in [3.05, 3.63) is 0 Å². The van der Waals surface area contributed by atoms with E-state index in [9.17, 15) is 9.59 Å². The second-order valence-corrected chi connectivity index (χ2v) is 1.27. The summed E-state index contributed by atoms with van der Waals surface area (Å²) in [6.07, 6.45) is -0.541. The number of nitrogens with two attached hydrogens (primary N) is 2. The molecule has 1 atom stereocenters. The molecule has 0 saturated carbocycles. The maximum Gasteiger partial charge on any atom is 0.314 e. The quantitative estimate of drug-likeness (QED) is 0.254. The van der Waals surface area contributed by atoms with E-state index < -0.39 is 12.3 Å². The molecule has 6 heteroatoms. The summed E-state index contributed by atoms with van der Waals surface area (Å²) in [4.78, 5) is 19.6. The van der Waals surface area contributed by atoms with E-state index in [0.717, 1.165) is 0 Å². The highest BCUT2D eigenvalue weighted by Gasteiger charge is 1.98. The van der Waals surface area contributed by atoms with Crippen LogP contribution in [0.15, 0.2) is 0 Å². The third kappa shape index (κ3) is 4.56. The molecular formula is C3H8N4O2. The van der Waals surface area contributed by atoms with Gasteiger partial charge in [0.25, 0.3) is 0 Å². The number of carbonyl (C=O) groups excluding carboxylic acids is 2. The molecule has 0 aromatic rings. The topological polar surface area (TPSA) is 110 Å². The number of hydrogen-bond donors (Lipinski definition) is 4. The Morgan fingerprint density at radius 1 is 1.67 bits per heavy atom. The van der Waals surface area contributed by atoms with Gasteiger partial charge in [0.05, 0.1) is 0 Å². The number of hydrogen-bond acceptors (Lipinski definition) is 3. The second kappa shape index (κ2) is 3.67. The van der Waals surface area contributed by atoms with Gasteiger partial charge < -0.3 is 16.4 Å². The molecule has 0 spiro atoms. The fraction of sp³-hybridized carbons (Fsp3) is 0.333. The summed E-state index contributed by atoms with van der Waals surface area (Å²) in [6, 6.07) is -0.781. The molecule has 0 aliphatic heterocycles. The number of carbonyl (C=O) groups is 2. The van der Waals surface area contributed by atoms with E-state index in [1.807, 2.05) is 5.32 Å². The molecule has 0 aromatic heterocycles. The smallest absolute Gasteiger partial charge is 0.314 e. The normalized spacial score (nSPS) is 11.7. The molecule has 0 aliphatic rings. The highest BCUT2D eigenvalue weighted by molar-refractivity contribution is 5.72. The molecule has 52 valence electrons. The summed E-state index contributed by atoms with van der Waals surface area (Å²) in [6.45, 7) is 0. The van der Waals surface area contributed by atoms with Crippen LogP contribution in [0.5, 0.6) is 0 Å². The van der Waals surface area contributed by atoms with Crippen LogP contribution in [0.2, 0.25) is 0 Å². The lowest BCUT2D eigenvalue weighted by atomic mass is 10.8. The van der Waals surface area contributed by atoms with Crippen LogP contribution in [0, 0.1) is 0 Å². The highest BCUT2D eigenvalue weighted by atomic mass is 16.2. The summed E-state index contributed by atoms with van der Waals surface area (Å²) in [5.74, 6) is 0. The van der Waals surface area contributed by atoms with Gasteiger partial charge in [-0.2, -0.15) is 0 Å². The molecule has 0 fully saturated rings. The number of amides is 3. The van der Waals surface area contributed by atoms with Crippen molar-refractivity contribution in [2.75, 3.05) is 0 Å². The zero-order valence-electron chi connectivity index (χ0n) is 4.63. The highest BCUT2D eigenvalue weighted by Crippen LogP contribution is 1.58. The van der Waals surface area contributed by atoms with Crippen LogP contribution in [0.3, 0.4) is 0 Å². The number of urea groups is 1. The van der Waals surface area contributed by atoms with Gasteiger partial charge in [-0.15, -0.1) is 0 Å². The Kier molecular flexibility index (Phi) is 3.14. The van der Waals surface area contributed by atoms with Crippen molar-refractivity contribution in [2.45, 2.75) is 6.29 Å². The van der Waals surface area contributed by atoms with Gasteiger partial charge in [0.2, 0.25) is 6.41 Å². The molecule has 0 aliphatic carbocycles. The van der Waals surface area contributed by atoms with Gasteiger partial charge in [0.15, 0.2) is 6.29 Å². The van der Waals surface area contributed by atoms with E-state index in [1.54, 1.807) is 0 Å². The predicted molar refractivity (Wildman–Crippen MR) is 29.9 cm³/mol. The minimum Gasteiger partial charge on any atom is -0.352 e. The van der Waals surface area contributed by atoms with Crippen LogP contribution < -0.4 is 22.1 Å². The van der Waals surface area contributed by atoms with Crippen LogP contribution in [0.1, 0.15) is 0 Å². The van der Waals surface area contributed by atoms with Gasteiger partial charge in [0, 0.05) is 0 Å². The molecule has 0 rings (SSSR count). The Morgan fingerprint density at radius 3 is 2.56 bits per heavy atom. The van der Waals surface area contributed by atoms with Crippen molar-refractivity contribution < 1.29 is 9.59 Å².